The molecule has 4 N–H and O–H groups in total. The van der Waals surface area contributed by atoms with E-state index in [0.29, 0.717) is 23.2 Å². The minimum absolute atomic E-state index is 0.0517. The van der Waals surface area contributed by atoms with E-state index in [0.717, 1.165) is 43.4 Å². The lowest BCUT2D eigenvalue weighted by Crippen LogP contribution is -2.47. The molecule has 28 heavy (non-hydrogen) atoms. The van der Waals surface area contributed by atoms with Crippen molar-refractivity contribution in [2.75, 3.05) is 6.54 Å². The van der Waals surface area contributed by atoms with Crippen LogP contribution in [0.1, 0.15) is 62.3 Å². The van der Waals surface area contributed by atoms with Crippen molar-refractivity contribution < 1.29 is 4.74 Å². The quantitative estimate of drug-likeness (QED) is 0.550. The van der Waals surface area contributed by atoms with Crippen LogP contribution < -0.4 is 16.0 Å². The number of rotatable bonds is 2. The molecule has 1 aliphatic carbocycles. The van der Waals surface area contributed by atoms with Gasteiger partial charge in [-0.2, -0.15) is 0 Å². The van der Waals surface area contributed by atoms with Crippen LogP contribution >= 0.6 is 0 Å². The molecule has 0 amide bonds. The average molecular weight is 380 g/mol. The number of nitrogens with one attached hydrogen (secondary N) is 2. The van der Waals surface area contributed by atoms with Gasteiger partial charge in [-0.25, -0.2) is 0 Å². The molecule has 1 saturated heterocycles. The molecule has 1 fully saturated rings. The molecule has 6 nitrogen and oxygen atoms in total. The van der Waals surface area contributed by atoms with Crippen molar-refractivity contribution in [3.05, 3.63) is 59.2 Å². The molecule has 2 aromatic rings. The normalized spacial score (nSPS) is 24.5. The van der Waals surface area contributed by atoms with Crippen LogP contribution in [0.3, 0.4) is 0 Å². The molecule has 2 heterocycles. The summed E-state index contributed by atoms with van der Waals surface area (Å²) in [6.45, 7) is 3.02. The van der Waals surface area contributed by atoms with Crippen LogP contribution in [0.4, 0.5) is 0 Å². The van der Waals surface area contributed by atoms with E-state index in [9.17, 15) is 0 Å². The summed E-state index contributed by atoms with van der Waals surface area (Å²) in [5.41, 5.74) is 8.85. The summed E-state index contributed by atoms with van der Waals surface area (Å²) in [7, 11) is 0. The largest absolute Gasteiger partial charge is 0.484 e. The molecule has 0 saturated carbocycles. The summed E-state index contributed by atoms with van der Waals surface area (Å²) in [4.78, 5) is 2.08. The van der Waals surface area contributed by atoms with Gasteiger partial charge in [0.25, 0.3) is 0 Å². The zero-order chi connectivity index (χ0) is 19.7. The van der Waals surface area contributed by atoms with Gasteiger partial charge in [0.2, 0.25) is 5.96 Å². The molecule has 0 spiro atoms. The molecule has 0 bridgehead atoms. The second-order valence-corrected chi connectivity index (χ2v) is 7.90. The highest BCUT2D eigenvalue weighted by Gasteiger charge is 2.27. The zero-order valence-electron chi connectivity index (χ0n) is 16.4. The molecule has 148 valence electrons. The van der Waals surface area contributed by atoms with E-state index in [4.69, 9.17) is 21.3 Å². The van der Waals surface area contributed by atoms with Gasteiger partial charge < -0.3 is 15.4 Å². The number of aromatic nitrogens is 1. The van der Waals surface area contributed by atoms with E-state index >= 15 is 0 Å². The van der Waals surface area contributed by atoms with E-state index in [-0.39, 0.29) is 12.1 Å². The first-order valence-electron chi connectivity index (χ1n) is 10.2. The Morgan fingerprint density at radius 3 is 2.64 bits per heavy atom. The number of hydrogen-bond donors (Lipinski definition) is 3. The highest BCUT2D eigenvalue weighted by atomic mass is 16.5. The highest BCUT2D eigenvalue weighted by molar-refractivity contribution is 5.79. The molecule has 6 heteroatoms. The Hall–Kier alpha value is -2.60. The topological polar surface area (TPSA) is 91.1 Å². The van der Waals surface area contributed by atoms with Crippen LogP contribution in [0, 0.1) is 10.8 Å². The molecule has 0 radical (unpaired) electrons. The number of nitrogens with two attached hydrogens (primary N) is 1. The Morgan fingerprint density at radius 1 is 1.07 bits per heavy atom. The third kappa shape index (κ3) is 3.56. The smallest absolute Gasteiger partial charge is 0.204 e. The maximum Gasteiger partial charge on any atom is 0.204 e. The van der Waals surface area contributed by atoms with Gasteiger partial charge in [-0.05, 0) is 62.3 Å². The van der Waals surface area contributed by atoms with Gasteiger partial charge in [0.15, 0.2) is 0 Å². The molecule has 3 atom stereocenters. The van der Waals surface area contributed by atoms with Crippen molar-refractivity contribution in [1.29, 1.82) is 10.8 Å². The Labute approximate surface area is 166 Å². The Balaban J connectivity index is 1.59. The monoisotopic (exact) mass is 379 g/mol. The molecule has 1 aromatic carbocycles. The number of piperidine rings is 1. The Morgan fingerprint density at radius 2 is 1.86 bits per heavy atom. The summed E-state index contributed by atoms with van der Waals surface area (Å²) >= 11 is 0. The average Bonchev–Trinajstić information content (AvgIpc) is 2.71. The van der Waals surface area contributed by atoms with Crippen molar-refractivity contribution in [1.82, 2.24) is 9.47 Å². The number of fused-ring (bicyclic) bond motifs is 1. The zero-order valence-corrected chi connectivity index (χ0v) is 16.4. The standard InChI is InChI=1S/C22H29N5O/c1-15-6-4-5-13-26(15)22(25)27-14-16(9-12-21(27)24)28-20-11-10-19(23)17-7-2-3-8-18(17)20/h2-3,7-9,12,14-15,19-20,24-25H,4-6,10-11,13,23H2,1H3/t15-,19-,20+/m0/s1. The number of benzene rings is 1. The van der Waals surface area contributed by atoms with Crippen LogP contribution in [0.25, 0.3) is 0 Å². The molecule has 0 unspecified atom stereocenters. The first kappa shape index (κ1) is 18.7. The van der Waals surface area contributed by atoms with Gasteiger partial charge in [-0.1, -0.05) is 24.3 Å². The maximum atomic E-state index is 8.65. The summed E-state index contributed by atoms with van der Waals surface area (Å²) < 4.78 is 7.94. The first-order chi connectivity index (χ1) is 13.5. The molecular weight excluding hydrogens is 350 g/mol. The van der Waals surface area contributed by atoms with Crippen LogP contribution in [-0.2, 0) is 0 Å². The van der Waals surface area contributed by atoms with E-state index in [1.165, 1.54) is 6.42 Å². The van der Waals surface area contributed by atoms with Gasteiger partial charge in [0.05, 0.1) is 6.20 Å². The van der Waals surface area contributed by atoms with Crippen molar-refractivity contribution >= 4 is 5.96 Å². The lowest BCUT2D eigenvalue weighted by Gasteiger charge is -2.35. The van der Waals surface area contributed by atoms with Crippen molar-refractivity contribution in [2.45, 2.75) is 57.2 Å². The third-order valence-electron chi connectivity index (χ3n) is 5.99. The highest BCUT2D eigenvalue weighted by Crippen LogP contribution is 2.37. The van der Waals surface area contributed by atoms with Gasteiger partial charge in [-0.3, -0.25) is 15.4 Å². The lowest BCUT2D eigenvalue weighted by atomic mass is 9.86. The van der Waals surface area contributed by atoms with Gasteiger partial charge in [-0.15, -0.1) is 0 Å². The number of nitrogens with zero attached hydrogens (tertiary/aromatic N) is 2. The third-order valence-corrected chi connectivity index (χ3v) is 5.99. The summed E-state index contributed by atoms with van der Waals surface area (Å²) in [6, 6.07) is 12.1. The van der Waals surface area contributed by atoms with Crippen molar-refractivity contribution in [3.8, 4) is 5.75 Å². The number of hydrogen-bond acceptors (Lipinski definition) is 4. The molecule has 1 aliphatic heterocycles. The van der Waals surface area contributed by atoms with Gasteiger partial charge >= 0.3 is 0 Å². The predicted octanol–water partition coefficient (Wildman–Crippen LogP) is 3.54. The number of ether oxygens (including phenoxy) is 1. The predicted molar refractivity (Wildman–Crippen MR) is 109 cm³/mol. The Bertz CT molecular complexity index is 921. The molecule has 4 rings (SSSR count). The van der Waals surface area contributed by atoms with Crippen molar-refractivity contribution in [2.24, 2.45) is 5.73 Å². The fourth-order valence-corrected chi connectivity index (χ4v) is 4.35. The van der Waals surface area contributed by atoms with E-state index in [1.807, 2.05) is 18.2 Å². The SMILES string of the molecule is C[C@H]1CCCCN1C(=N)n1cc(O[C@@H]2CC[C@H](N)c3ccccc32)ccc1=N. The van der Waals surface area contributed by atoms with Crippen LogP contribution in [0.2, 0.25) is 0 Å². The van der Waals surface area contributed by atoms with Crippen LogP contribution in [0.5, 0.6) is 5.75 Å². The van der Waals surface area contributed by atoms with E-state index in [1.54, 1.807) is 16.8 Å². The first-order valence-corrected chi connectivity index (χ1v) is 10.2. The fraction of sp³-hybridized carbons (Fsp3) is 0.455. The second-order valence-electron chi connectivity index (χ2n) is 7.90. The number of pyridine rings is 1. The van der Waals surface area contributed by atoms with Crippen molar-refractivity contribution in [3.63, 3.8) is 0 Å². The minimum atomic E-state index is -0.0517. The number of likely N-dealkylation sites (tertiary alicyclic amines) is 1. The fourth-order valence-electron chi connectivity index (χ4n) is 4.35. The van der Waals surface area contributed by atoms with E-state index < -0.39 is 0 Å². The second kappa shape index (κ2) is 7.80. The minimum Gasteiger partial charge on any atom is -0.484 e. The molecule has 2 aliphatic rings. The molecular formula is C22H29N5O. The Kier molecular flexibility index (Phi) is 5.22. The van der Waals surface area contributed by atoms with Crippen LogP contribution in [0.15, 0.2) is 42.6 Å². The summed E-state index contributed by atoms with van der Waals surface area (Å²) in [5, 5.41) is 16.9. The maximum absolute atomic E-state index is 8.65. The van der Waals surface area contributed by atoms with Crippen LogP contribution in [-0.4, -0.2) is 28.0 Å². The lowest BCUT2D eigenvalue weighted by molar-refractivity contribution is 0.175. The van der Waals surface area contributed by atoms with E-state index in [2.05, 4.69) is 24.0 Å². The summed E-state index contributed by atoms with van der Waals surface area (Å²) in [6.07, 6.45) is 6.87. The van der Waals surface area contributed by atoms with Gasteiger partial charge in [0.1, 0.15) is 17.3 Å². The van der Waals surface area contributed by atoms with Gasteiger partial charge in [0, 0.05) is 18.6 Å². The molecule has 1 aromatic heterocycles. The summed E-state index contributed by atoms with van der Waals surface area (Å²) in [5.74, 6) is 1.04.